The number of thiophene rings is 1. The van der Waals surface area contributed by atoms with E-state index in [1.165, 1.54) is 12.1 Å². The number of amides is 1. The Balaban J connectivity index is 1.50. The SMILES string of the molecule is O=C(NC1CCCC1)c1ccc(S(=O)(=O)N[C@]2(C(=O)O)C[C@H]2c2ccccc2)s1. The van der Waals surface area contributed by atoms with E-state index in [2.05, 4.69) is 10.0 Å². The lowest BCUT2D eigenvalue weighted by Crippen LogP contribution is -2.44. The first kappa shape index (κ1) is 20.1. The first-order valence-corrected chi connectivity index (χ1v) is 11.8. The molecule has 0 unspecified atom stereocenters. The molecular formula is C20H22N2O5S2. The van der Waals surface area contributed by atoms with Crippen LogP contribution < -0.4 is 10.0 Å². The van der Waals surface area contributed by atoms with Crippen LogP contribution in [-0.2, 0) is 14.8 Å². The Kier molecular flexibility index (Phi) is 5.22. The van der Waals surface area contributed by atoms with Gasteiger partial charge in [-0.2, -0.15) is 4.72 Å². The third kappa shape index (κ3) is 3.94. The third-order valence-electron chi connectivity index (χ3n) is 5.62. The number of hydrogen-bond donors (Lipinski definition) is 3. The summed E-state index contributed by atoms with van der Waals surface area (Å²) in [6.07, 6.45) is 4.22. The lowest BCUT2D eigenvalue weighted by atomic mass is 10.1. The fourth-order valence-corrected chi connectivity index (χ4v) is 6.56. The van der Waals surface area contributed by atoms with Gasteiger partial charge in [-0.15, -0.1) is 11.3 Å². The van der Waals surface area contributed by atoms with Gasteiger partial charge in [-0.05, 0) is 37.0 Å². The topological polar surface area (TPSA) is 113 Å². The Labute approximate surface area is 173 Å². The van der Waals surface area contributed by atoms with Crippen molar-refractivity contribution in [2.24, 2.45) is 0 Å². The minimum atomic E-state index is -4.07. The molecule has 9 heteroatoms. The lowest BCUT2D eigenvalue weighted by molar-refractivity contribution is -0.140. The van der Waals surface area contributed by atoms with Crippen molar-refractivity contribution >= 4 is 33.2 Å². The highest BCUT2D eigenvalue weighted by Crippen LogP contribution is 2.52. The van der Waals surface area contributed by atoms with Crippen molar-refractivity contribution in [3.63, 3.8) is 0 Å². The molecule has 1 aromatic heterocycles. The summed E-state index contributed by atoms with van der Waals surface area (Å²) >= 11 is 0.853. The molecule has 0 spiro atoms. The maximum atomic E-state index is 12.9. The van der Waals surface area contributed by atoms with Gasteiger partial charge in [0.25, 0.3) is 15.9 Å². The number of carboxylic acids is 1. The number of hydrogen-bond acceptors (Lipinski definition) is 5. The van der Waals surface area contributed by atoms with Crippen LogP contribution in [-0.4, -0.2) is 37.0 Å². The molecule has 2 aliphatic carbocycles. The summed E-state index contributed by atoms with van der Waals surface area (Å²) in [5, 5.41) is 12.6. The Morgan fingerprint density at radius 1 is 1.07 bits per heavy atom. The van der Waals surface area contributed by atoms with Gasteiger partial charge in [-0.25, -0.2) is 8.42 Å². The maximum absolute atomic E-state index is 12.9. The highest BCUT2D eigenvalue weighted by molar-refractivity contribution is 7.91. The molecule has 2 aliphatic rings. The van der Waals surface area contributed by atoms with Crippen molar-refractivity contribution in [3.05, 3.63) is 52.9 Å². The number of carbonyl (C=O) groups excluding carboxylic acids is 1. The number of carboxylic acid groups (broad SMARTS) is 1. The molecule has 0 saturated heterocycles. The number of aliphatic carboxylic acids is 1. The fourth-order valence-electron chi connectivity index (χ4n) is 3.95. The summed E-state index contributed by atoms with van der Waals surface area (Å²) < 4.78 is 28.0. The molecule has 1 amide bonds. The van der Waals surface area contributed by atoms with E-state index in [9.17, 15) is 23.1 Å². The van der Waals surface area contributed by atoms with Gasteiger partial charge in [0, 0.05) is 12.0 Å². The Morgan fingerprint density at radius 3 is 2.41 bits per heavy atom. The standard InChI is InChI=1S/C20H22N2O5S2/c23-18(21-14-8-4-5-9-14)16-10-11-17(28-16)29(26,27)22-20(19(24)25)12-15(20)13-6-2-1-3-7-13/h1-3,6-7,10-11,14-15,22H,4-5,8-9,12H2,(H,21,23)(H,24,25)/t15-,20+/m0/s1. The van der Waals surface area contributed by atoms with Crippen LogP contribution >= 0.6 is 11.3 Å². The van der Waals surface area contributed by atoms with Gasteiger partial charge >= 0.3 is 5.97 Å². The molecule has 2 atom stereocenters. The molecule has 0 bridgehead atoms. The molecule has 2 aromatic rings. The molecule has 1 aromatic carbocycles. The van der Waals surface area contributed by atoms with Crippen molar-refractivity contribution in [3.8, 4) is 0 Å². The van der Waals surface area contributed by atoms with Crippen LogP contribution in [0.1, 0.15) is 53.3 Å². The van der Waals surface area contributed by atoms with Gasteiger partial charge in [-0.1, -0.05) is 43.2 Å². The first-order valence-electron chi connectivity index (χ1n) is 9.55. The van der Waals surface area contributed by atoms with Crippen LogP contribution in [0.3, 0.4) is 0 Å². The second-order valence-electron chi connectivity index (χ2n) is 7.62. The molecular weight excluding hydrogens is 412 g/mol. The molecule has 154 valence electrons. The van der Waals surface area contributed by atoms with Crippen LogP contribution in [0.15, 0.2) is 46.7 Å². The summed E-state index contributed by atoms with van der Waals surface area (Å²) in [6.45, 7) is 0. The Hall–Kier alpha value is -2.23. The number of nitrogens with one attached hydrogen (secondary N) is 2. The second kappa shape index (κ2) is 7.55. The largest absolute Gasteiger partial charge is 0.480 e. The molecule has 3 N–H and O–H groups in total. The van der Waals surface area contributed by atoms with E-state index in [-0.39, 0.29) is 22.6 Å². The normalized spacial score (nSPS) is 24.3. The van der Waals surface area contributed by atoms with E-state index in [0.29, 0.717) is 4.88 Å². The van der Waals surface area contributed by atoms with E-state index in [1.54, 1.807) is 24.3 Å². The molecule has 7 nitrogen and oxygen atoms in total. The zero-order chi connectivity index (χ0) is 20.6. The van der Waals surface area contributed by atoms with Crippen LogP contribution in [0, 0.1) is 0 Å². The highest BCUT2D eigenvalue weighted by atomic mass is 32.2. The van der Waals surface area contributed by atoms with E-state index in [1.807, 2.05) is 6.07 Å². The van der Waals surface area contributed by atoms with Crippen molar-refractivity contribution in [1.29, 1.82) is 0 Å². The maximum Gasteiger partial charge on any atom is 0.325 e. The van der Waals surface area contributed by atoms with Gasteiger partial charge in [0.2, 0.25) is 0 Å². The summed E-state index contributed by atoms with van der Waals surface area (Å²) in [4.78, 5) is 24.6. The van der Waals surface area contributed by atoms with Crippen molar-refractivity contribution in [2.45, 2.75) is 53.8 Å². The smallest absolute Gasteiger partial charge is 0.325 e. The average Bonchev–Trinajstić information content (AvgIpc) is 3.07. The molecule has 2 fully saturated rings. The van der Waals surface area contributed by atoms with E-state index in [0.717, 1.165) is 42.6 Å². The monoisotopic (exact) mass is 434 g/mol. The van der Waals surface area contributed by atoms with E-state index >= 15 is 0 Å². The van der Waals surface area contributed by atoms with Crippen molar-refractivity contribution in [2.75, 3.05) is 0 Å². The number of rotatable bonds is 7. The average molecular weight is 435 g/mol. The molecule has 0 radical (unpaired) electrons. The molecule has 29 heavy (non-hydrogen) atoms. The van der Waals surface area contributed by atoms with Crippen LogP contribution in [0.2, 0.25) is 0 Å². The van der Waals surface area contributed by atoms with E-state index in [4.69, 9.17) is 0 Å². The molecule has 2 saturated carbocycles. The fraction of sp³-hybridized carbons (Fsp3) is 0.400. The number of sulfonamides is 1. The molecule has 1 heterocycles. The number of carbonyl (C=O) groups is 2. The van der Waals surface area contributed by atoms with Crippen LogP contribution in [0.25, 0.3) is 0 Å². The predicted octanol–water partition coefficient (Wildman–Crippen LogP) is 2.71. The summed E-state index contributed by atoms with van der Waals surface area (Å²) in [6, 6.07) is 12.0. The third-order valence-corrected chi connectivity index (χ3v) is 8.71. The predicted molar refractivity (Wildman–Crippen MR) is 109 cm³/mol. The van der Waals surface area contributed by atoms with Gasteiger partial charge in [0.15, 0.2) is 0 Å². The minimum absolute atomic E-state index is 0.0617. The van der Waals surface area contributed by atoms with Gasteiger partial charge in [0.1, 0.15) is 9.75 Å². The van der Waals surface area contributed by atoms with E-state index < -0.39 is 27.4 Å². The Morgan fingerprint density at radius 2 is 1.76 bits per heavy atom. The first-order chi connectivity index (χ1) is 13.8. The highest BCUT2D eigenvalue weighted by Gasteiger charge is 2.63. The summed E-state index contributed by atoms with van der Waals surface area (Å²) in [5.74, 6) is -1.92. The van der Waals surface area contributed by atoms with Gasteiger partial charge in [0.05, 0.1) is 4.88 Å². The molecule has 4 rings (SSSR count). The summed E-state index contributed by atoms with van der Waals surface area (Å²) in [7, 11) is -4.07. The van der Waals surface area contributed by atoms with Gasteiger partial charge in [-0.3, -0.25) is 9.59 Å². The molecule has 0 aliphatic heterocycles. The van der Waals surface area contributed by atoms with Crippen LogP contribution in [0.4, 0.5) is 0 Å². The Bertz CT molecular complexity index is 1030. The zero-order valence-corrected chi connectivity index (χ0v) is 17.3. The number of benzene rings is 1. The van der Waals surface area contributed by atoms with Gasteiger partial charge < -0.3 is 10.4 Å². The quantitative estimate of drug-likeness (QED) is 0.620. The van der Waals surface area contributed by atoms with Crippen molar-refractivity contribution < 1.29 is 23.1 Å². The minimum Gasteiger partial charge on any atom is -0.480 e. The van der Waals surface area contributed by atoms with Crippen molar-refractivity contribution in [1.82, 2.24) is 10.0 Å². The van der Waals surface area contributed by atoms with Crippen LogP contribution in [0.5, 0.6) is 0 Å². The zero-order valence-electron chi connectivity index (χ0n) is 15.6. The summed E-state index contributed by atoms with van der Waals surface area (Å²) in [5.41, 5.74) is -0.781. The second-order valence-corrected chi connectivity index (χ2v) is 10.6. The lowest BCUT2D eigenvalue weighted by Gasteiger charge is -2.14.